The molecule has 0 unspecified atom stereocenters. The molecule has 1 aliphatic heterocycles. The number of hydrogen-bond donors (Lipinski definition) is 2. The molecule has 4 aromatic rings. The van der Waals surface area contributed by atoms with E-state index in [9.17, 15) is 10.1 Å². The van der Waals surface area contributed by atoms with Gasteiger partial charge in [-0.3, -0.25) is 10.1 Å². The number of imidazole rings is 1. The van der Waals surface area contributed by atoms with Crippen LogP contribution in [0.1, 0.15) is 5.56 Å². The van der Waals surface area contributed by atoms with Gasteiger partial charge in [-0.15, -0.1) is 0 Å². The Balaban J connectivity index is 1.44. The molecule has 12 heteroatoms. The van der Waals surface area contributed by atoms with Crippen LogP contribution in [0.4, 0.5) is 11.5 Å². The number of nitrogens with two attached hydrogens (primary N) is 1. The van der Waals surface area contributed by atoms with Crippen LogP contribution in [-0.4, -0.2) is 26.7 Å². The quantitative estimate of drug-likeness (QED) is 0.226. The highest BCUT2D eigenvalue weighted by atomic mass is 79.9. The molecule has 0 radical (unpaired) electrons. The van der Waals surface area contributed by atoms with Gasteiger partial charge in [-0.2, -0.15) is 0 Å². The lowest BCUT2D eigenvalue weighted by Crippen LogP contribution is -2.36. The van der Waals surface area contributed by atoms with Gasteiger partial charge >= 0.3 is 0 Å². The average molecular weight is 516 g/mol. The van der Waals surface area contributed by atoms with E-state index in [-0.39, 0.29) is 17.4 Å². The van der Waals surface area contributed by atoms with Crippen molar-refractivity contribution in [1.29, 1.82) is 0 Å². The molecule has 32 heavy (non-hydrogen) atoms. The maximum absolute atomic E-state index is 11.3. The van der Waals surface area contributed by atoms with Crippen molar-refractivity contribution in [2.45, 2.75) is 23.0 Å². The molecule has 1 aliphatic rings. The van der Waals surface area contributed by atoms with Gasteiger partial charge in [0.15, 0.2) is 17.0 Å². The number of nitro benzene ring substituents is 1. The number of aryl methyl sites for hydroxylation is 2. The van der Waals surface area contributed by atoms with Crippen LogP contribution < -0.4 is 19.8 Å². The van der Waals surface area contributed by atoms with E-state index < -0.39 is 0 Å². The number of benzene rings is 2. The van der Waals surface area contributed by atoms with Crippen molar-refractivity contribution in [2.24, 2.45) is 0 Å². The zero-order valence-corrected chi connectivity index (χ0v) is 18.9. The van der Waals surface area contributed by atoms with E-state index in [1.807, 2.05) is 16.7 Å². The second-order valence-corrected chi connectivity index (χ2v) is 8.82. The molecule has 0 atom stereocenters. The molecule has 3 N–H and O–H groups in total. The van der Waals surface area contributed by atoms with E-state index in [0.29, 0.717) is 52.2 Å². The van der Waals surface area contributed by atoms with E-state index in [1.165, 1.54) is 17.8 Å². The number of hydrogen-bond acceptors (Lipinski definition) is 8. The summed E-state index contributed by atoms with van der Waals surface area (Å²) in [5.74, 6) is 1.69. The molecule has 0 saturated heterocycles. The second-order valence-electron chi connectivity index (χ2n) is 6.94. The molecule has 10 nitrogen and oxygen atoms in total. The summed E-state index contributed by atoms with van der Waals surface area (Å²) in [6, 6.07) is 10.4. The number of rotatable bonds is 6. The summed E-state index contributed by atoms with van der Waals surface area (Å²) in [4.78, 5) is 24.0. The monoisotopic (exact) mass is 515 g/mol. The van der Waals surface area contributed by atoms with Crippen LogP contribution in [0.3, 0.4) is 0 Å². The van der Waals surface area contributed by atoms with Crippen LogP contribution in [-0.2, 0) is 13.0 Å². The first-order valence-electron chi connectivity index (χ1n) is 9.52. The SMILES string of the molecule is Nc1nc[n+](CCc2ccccc2[N+](=O)[O-])c2nc(Sc3cc4c(cc3Br)OCO4)[nH]c12. The first-order chi connectivity index (χ1) is 15.5. The number of para-hydroxylation sites is 1. The summed E-state index contributed by atoms with van der Waals surface area (Å²) in [5.41, 5.74) is 8.03. The number of halogens is 1. The first-order valence-corrected chi connectivity index (χ1v) is 11.1. The Hall–Kier alpha value is -3.38. The number of aromatic amines is 1. The van der Waals surface area contributed by atoms with Gasteiger partial charge in [0.1, 0.15) is 0 Å². The molecule has 2 aromatic carbocycles. The second kappa shape index (κ2) is 8.28. The molecule has 0 fully saturated rings. The molecule has 0 amide bonds. The minimum Gasteiger partial charge on any atom is -0.454 e. The third-order valence-electron chi connectivity index (χ3n) is 4.97. The predicted molar refractivity (Wildman–Crippen MR) is 120 cm³/mol. The van der Waals surface area contributed by atoms with Gasteiger partial charge in [-0.05, 0) is 39.8 Å². The topological polar surface area (TPSA) is 133 Å². The zero-order chi connectivity index (χ0) is 22.2. The summed E-state index contributed by atoms with van der Waals surface area (Å²) >= 11 is 4.96. The predicted octanol–water partition coefficient (Wildman–Crippen LogP) is 3.62. The lowest BCUT2D eigenvalue weighted by atomic mass is 10.1. The normalized spacial score (nSPS) is 12.4. The summed E-state index contributed by atoms with van der Waals surface area (Å²) < 4.78 is 13.5. The maximum Gasteiger partial charge on any atom is 0.294 e. The molecular formula is C20H16BrN6O4S+. The van der Waals surface area contributed by atoms with E-state index in [4.69, 9.17) is 20.2 Å². The third kappa shape index (κ3) is 3.82. The fourth-order valence-corrected chi connectivity index (χ4v) is 4.80. The number of nitrogen functional groups attached to an aromatic ring is 1. The molecule has 0 bridgehead atoms. The summed E-state index contributed by atoms with van der Waals surface area (Å²) in [6.07, 6.45) is 2.05. The Kier molecular flexibility index (Phi) is 5.31. The Morgan fingerprint density at radius 2 is 2.06 bits per heavy atom. The van der Waals surface area contributed by atoms with Crippen LogP contribution in [0.5, 0.6) is 11.5 Å². The van der Waals surface area contributed by atoms with Crippen LogP contribution in [0.25, 0.3) is 11.2 Å². The van der Waals surface area contributed by atoms with Crippen molar-refractivity contribution in [3.8, 4) is 11.5 Å². The molecular weight excluding hydrogens is 500 g/mol. The standard InChI is InChI=1S/C20H15BrN6O4S/c21-12-7-14-15(31-10-30-14)8-16(12)32-20-24-17-18(22)23-9-26(19(17)25-20)6-5-11-3-1-2-4-13(11)27(28)29/h1-4,7-9H,5-6,10H2,(H2,22,24,25)/p+1. The van der Waals surface area contributed by atoms with Crippen molar-refractivity contribution < 1.29 is 19.0 Å². The van der Waals surface area contributed by atoms with Gasteiger partial charge in [0.2, 0.25) is 24.1 Å². The van der Waals surface area contributed by atoms with Crippen LogP contribution in [0.15, 0.2) is 57.3 Å². The lowest BCUT2D eigenvalue weighted by Gasteiger charge is -2.03. The Bertz CT molecular complexity index is 1360. The van der Waals surface area contributed by atoms with Gasteiger partial charge in [-0.25, -0.2) is 4.57 Å². The fraction of sp³-hybridized carbons (Fsp3) is 0.150. The molecule has 5 rings (SSSR count). The van der Waals surface area contributed by atoms with Gasteiger partial charge in [0, 0.05) is 27.4 Å². The number of aromatic nitrogens is 4. The van der Waals surface area contributed by atoms with Crippen molar-refractivity contribution in [3.63, 3.8) is 0 Å². The largest absolute Gasteiger partial charge is 0.454 e. The number of ether oxygens (including phenoxy) is 2. The number of nitrogens with one attached hydrogen (secondary N) is 1. The van der Waals surface area contributed by atoms with Gasteiger partial charge < -0.3 is 20.2 Å². The van der Waals surface area contributed by atoms with Gasteiger partial charge in [0.25, 0.3) is 11.3 Å². The van der Waals surface area contributed by atoms with E-state index >= 15 is 0 Å². The number of nitro groups is 1. The van der Waals surface area contributed by atoms with E-state index in [2.05, 4.69) is 25.9 Å². The molecule has 0 spiro atoms. The van der Waals surface area contributed by atoms with Crippen molar-refractivity contribution >= 4 is 50.4 Å². The minimum atomic E-state index is -0.372. The molecule has 162 valence electrons. The maximum atomic E-state index is 11.3. The Morgan fingerprint density at radius 3 is 2.88 bits per heavy atom. The van der Waals surface area contributed by atoms with E-state index in [0.717, 1.165) is 9.37 Å². The molecule has 2 aromatic heterocycles. The van der Waals surface area contributed by atoms with Crippen LogP contribution in [0, 0.1) is 10.1 Å². The number of anilines is 1. The van der Waals surface area contributed by atoms with E-state index in [1.54, 1.807) is 24.5 Å². The number of nitrogens with zero attached hydrogens (tertiary/aromatic N) is 4. The lowest BCUT2D eigenvalue weighted by molar-refractivity contribution is -0.675. The number of fused-ring (bicyclic) bond motifs is 2. The average Bonchev–Trinajstić information content (AvgIpc) is 3.41. The minimum absolute atomic E-state index is 0.0960. The summed E-state index contributed by atoms with van der Waals surface area (Å²) in [5, 5.41) is 11.9. The molecule has 0 aliphatic carbocycles. The third-order valence-corrected chi connectivity index (χ3v) is 6.83. The smallest absolute Gasteiger partial charge is 0.294 e. The number of H-pyrrole nitrogens is 1. The highest BCUT2D eigenvalue weighted by Gasteiger charge is 2.22. The molecule has 0 saturated carbocycles. The molecule has 3 heterocycles. The van der Waals surface area contributed by atoms with Gasteiger partial charge in [0.05, 0.1) is 11.5 Å². The Labute approximate surface area is 194 Å². The van der Waals surface area contributed by atoms with Crippen LogP contribution >= 0.6 is 27.7 Å². The first kappa shape index (κ1) is 20.5. The van der Waals surface area contributed by atoms with Crippen molar-refractivity contribution in [2.75, 3.05) is 12.5 Å². The fourth-order valence-electron chi connectivity index (χ4n) is 3.41. The zero-order valence-electron chi connectivity index (χ0n) is 16.4. The van der Waals surface area contributed by atoms with Crippen molar-refractivity contribution in [3.05, 3.63) is 62.9 Å². The van der Waals surface area contributed by atoms with Crippen molar-refractivity contribution in [1.82, 2.24) is 15.0 Å². The van der Waals surface area contributed by atoms with Crippen LogP contribution in [0.2, 0.25) is 0 Å². The highest BCUT2D eigenvalue weighted by Crippen LogP contribution is 2.42. The highest BCUT2D eigenvalue weighted by molar-refractivity contribution is 9.10. The summed E-state index contributed by atoms with van der Waals surface area (Å²) in [6.45, 7) is 0.652. The Morgan fingerprint density at radius 1 is 1.28 bits per heavy atom. The summed E-state index contributed by atoms with van der Waals surface area (Å²) in [7, 11) is 0. The van der Waals surface area contributed by atoms with Gasteiger partial charge in [-0.1, -0.05) is 28.2 Å².